The summed E-state index contributed by atoms with van der Waals surface area (Å²) in [6, 6.07) is 0. The molecule has 0 radical (unpaired) electrons. The van der Waals surface area contributed by atoms with Gasteiger partial charge in [-0.05, 0) is 12.8 Å². The molecule has 1 aliphatic heterocycles. The SMILES string of the molecule is CC1NC(C(C)C)=CO1. The van der Waals surface area contributed by atoms with Crippen LogP contribution in [-0.2, 0) is 4.74 Å². The van der Waals surface area contributed by atoms with E-state index in [4.69, 9.17) is 4.74 Å². The highest BCUT2D eigenvalue weighted by Crippen LogP contribution is 2.12. The average Bonchev–Trinajstić information content (AvgIpc) is 2.14. The topological polar surface area (TPSA) is 21.3 Å². The molecule has 1 unspecified atom stereocenters. The number of hydrogen-bond donors (Lipinski definition) is 1. The molecule has 0 saturated heterocycles. The second-order valence-electron chi connectivity index (χ2n) is 2.65. The van der Waals surface area contributed by atoms with Crippen molar-refractivity contribution in [1.29, 1.82) is 0 Å². The summed E-state index contributed by atoms with van der Waals surface area (Å²) < 4.78 is 5.15. The molecule has 0 fully saturated rings. The normalized spacial score (nSPS) is 25.3. The zero-order valence-corrected chi connectivity index (χ0v) is 6.14. The van der Waals surface area contributed by atoms with E-state index >= 15 is 0 Å². The summed E-state index contributed by atoms with van der Waals surface area (Å²) >= 11 is 0. The minimum absolute atomic E-state index is 0.169. The first-order valence-corrected chi connectivity index (χ1v) is 3.32. The summed E-state index contributed by atoms with van der Waals surface area (Å²) in [6.45, 7) is 6.27. The minimum atomic E-state index is 0.169. The van der Waals surface area contributed by atoms with E-state index in [0.29, 0.717) is 5.92 Å². The van der Waals surface area contributed by atoms with Crippen LogP contribution in [-0.4, -0.2) is 6.23 Å². The molecule has 0 aromatic carbocycles. The van der Waals surface area contributed by atoms with Gasteiger partial charge in [0.1, 0.15) is 6.26 Å². The minimum Gasteiger partial charge on any atom is -0.477 e. The van der Waals surface area contributed by atoms with E-state index in [1.807, 2.05) is 6.92 Å². The van der Waals surface area contributed by atoms with Crippen LogP contribution in [0.15, 0.2) is 12.0 Å². The van der Waals surface area contributed by atoms with Crippen molar-refractivity contribution in [3.63, 3.8) is 0 Å². The van der Waals surface area contributed by atoms with Crippen LogP contribution in [0.3, 0.4) is 0 Å². The summed E-state index contributed by atoms with van der Waals surface area (Å²) in [7, 11) is 0. The highest BCUT2D eigenvalue weighted by atomic mass is 16.5. The van der Waals surface area contributed by atoms with Crippen LogP contribution in [0, 0.1) is 5.92 Å². The zero-order valence-electron chi connectivity index (χ0n) is 6.14. The Morgan fingerprint density at radius 2 is 2.33 bits per heavy atom. The van der Waals surface area contributed by atoms with Crippen LogP contribution in [0.5, 0.6) is 0 Å². The van der Waals surface area contributed by atoms with Gasteiger partial charge < -0.3 is 10.1 Å². The van der Waals surface area contributed by atoms with E-state index in [-0.39, 0.29) is 6.23 Å². The summed E-state index contributed by atoms with van der Waals surface area (Å²) in [5.74, 6) is 0.551. The van der Waals surface area contributed by atoms with Gasteiger partial charge in [-0.2, -0.15) is 0 Å². The Bertz CT molecular complexity index is 129. The van der Waals surface area contributed by atoms with Gasteiger partial charge in [-0.1, -0.05) is 13.8 Å². The molecule has 0 bridgehead atoms. The molecule has 0 aromatic rings. The van der Waals surface area contributed by atoms with Crippen molar-refractivity contribution in [1.82, 2.24) is 5.32 Å². The molecule has 1 aliphatic rings. The first kappa shape index (κ1) is 6.46. The van der Waals surface area contributed by atoms with Crippen molar-refractivity contribution < 1.29 is 4.74 Å². The molecule has 0 saturated carbocycles. The maximum absolute atomic E-state index is 5.15. The molecule has 1 atom stereocenters. The summed E-state index contributed by atoms with van der Waals surface area (Å²) in [5.41, 5.74) is 1.20. The predicted octanol–water partition coefficient (Wildman–Crippen LogP) is 1.45. The second-order valence-corrected chi connectivity index (χ2v) is 2.65. The lowest BCUT2D eigenvalue weighted by molar-refractivity contribution is 0.170. The lowest BCUT2D eigenvalue weighted by Crippen LogP contribution is -2.21. The van der Waals surface area contributed by atoms with Gasteiger partial charge in [-0.25, -0.2) is 0 Å². The third-order valence-electron chi connectivity index (χ3n) is 1.39. The van der Waals surface area contributed by atoms with Crippen molar-refractivity contribution in [2.24, 2.45) is 5.92 Å². The predicted molar refractivity (Wildman–Crippen MR) is 36.6 cm³/mol. The lowest BCUT2D eigenvalue weighted by atomic mass is 10.1. The average molecular weight is 127 g/mol. The van der Waals surface area contributed by atoms with Gasteiger partial charge >= 0.3 is 0 Å². The van der Waals surface area contributed by atoms with E-state index in [9.17, 15) is 0 Å². The van der Waals surface area contributed by atoms with Crippen molar-refractivity contribution >= 4 is 0 Å². The smallest absolute Gasteiger partial charge is 0.166 e. The van der Waals surface area contributed by atoms with Crippen molar-refractivity contribution in [2.75, 3.05) is 0 Å². The van der Waals surface area contributed by atoms with Gasteiger partial charge in [-0.15, -0.1) is 0 Å². The van der Waals surface area contributed by atoms with Crippen LogP contribution in [0.4, 0.5) is 0 Å². The zero-order chi connectivity index (χ0) is 6.85. The third-order valence-corrected chi connectivity index (χ3v) is 1.39. The summed E-state index contributed by atoms with van der Waals surface area (Å²) in [4.78, 5) is 0. The van der Waals surface area contributed by atoms with Crippen LogP contribution in [0.2, 0.25) is 0 Å². The molecule has 0 aliphatic carbocycles. The van der Waals surface area contributed by atoms with E-state index in [2.05, 4.69) is 19.2 Å². The van der Waals surface area contributed by atoms with Crippen LogP contribution in [0.25, 0.3) is 0 Å². The van der Waals surface area contributed by atoms with Crippen LogP contribution in [0.1, 0.15) is 20.8 Å². The molecule has 9 heavy (non-hydrogen) atoms. The maximum Gasteiger partial charge on any atom is 0.166 e. The molecule has 1 rings (SSSR count). The Morgan fingerprint density at radius 3 is 2.56 bits per heavy atom. The van der Waals surface area contributed by atoms with Gasteiger partial charge in [0.25, 0.3) is 0 Å². The Hall–Kier alpha value is -0.660. The third kappa shape index (κ3) is 1.37. The molecule has 1 heterocycles. The quantitative estimate of drug-likeness (QED) is 0.575. The molecule has 0 spiro atoms. The van der Waals surface area contributed by atoms with Gasteiger partial charge in [0.05, 0.1) is 5.70 Å². The number of allylic oxidation sites excluding steroid dienone is 1. The molecular formula is C7H13NO. The van der Waals surface area contributed by atoms with Gasteiger partial charge in [0.2, 0.25) is 0 Å². The Morgan fingerprint density at radius 1 is 1.67 bits per heavy atom. The van der Waals surface area contributed by atoms with E-state index in [1.54, 1.807) is 6.26 Å². The molecule has 2 nitrogen and oxygen atoms in total. The molecule has 0 amide bonds. The Kier molecular flexibility index (Phi) is 1.65. The van der Waals surface area contributed by atoms with Crippen LogP contribution < -0.4 is 5.32 Å². The van der Waals surface area contributed by atoms with Gasteiger partial charge in [0.15, 0.2) is 6.23 Å². The summed E-state index contributed by atoms with van der Waals surface area (Å²) in [5, 5.41) is 3.19. The maximum atomic E-state index is 5.15. The highest BCUT2D eigenvalue weighted by molar-refractivity contribution is 5.02. The Labute approximate surface area is 55.9 Å². The standard InChI is InChI=1S/C7H13NO/c1-5(2)7-4-9-6(3)8-7/h4-6,8H,1-3H3. The molecule has 1 N–H and O–H groups in total. The fourth-order valence-electron chi connectivity index (χ4n) is 0.781. The lowest BCUT2D eigenvalue weighted by Gasteiger charge is -2.07. The number of ether oxygens (including phenoxy) is 1. The Balaban J connectivity index is 2.45. The second kappa shape index (κ2) is 2.29. The largest absolute Gasteiger partial charge is 0.477 e. The van der Waals surface area contributed by atoms with Gasteiger partial charge in [0, 0.05) is 0 Å². The van der Waals surface area contributed by atoms with Gasteiger partial charge in [-0.3, -0.25) is 0 Å². The van der Waals surface area contributed by atoms with Crippen LogP contribution >= 0.6 is 0 Å². The fourth-order valence-corrected chi connectivity index (χ4v) is 0.781. The van der Waals surface area contributed by atoms with Crippen molar-refractivity contribution in [2.45, 2.75) is 27.0 Å². The van der Waals surface area contributed by atoms with E-state index < -0.39 is 0 Å². The van der Waals surface area contributed by atoms with E-state index in [0.717, 1.165) is 0 Å². The van der Waals surface area contributed by atoms with Crippen molar-refractivity contribution in [3.05, 3.63) is 12.0 Å². The monoisotopic (exact) mass is 127 g/mol. The molecule has 0 aromatic heterocycles. The molecule has 2 heteroatoms. The highest BCUT2D eigenvalue weighted by Gasteiger charge is 2.13. The fraction of sp³-hybridized carbons (Fsp3) is 0.714. The number of hydrogen-bond acceptors (Lipinski definition) is 2. The summed E-state index contributed by atoms with van der Waals surface area (Å²) in [6.07, 6.45) is 1.97. The molecular weight excluding hydrogens is 114 g/mol. The number of rotatable bonds is 1. The number of nitrogens with one attached hydrogen (secondary N) is 1. The first-order valence-electron chi connectivity index (χ1n) is 3.32. The molecule has 52 valence electrons. The van der Waals surface area contributed by atoms with Crippen molar-refractivity contribution in [3.8, 4) is 0 Å². The first-order chi connectivity index (χ1) is 4.20. The van der Waals surface area contributed by atoms with E-state index in [1.165, 1.54) is 5.70 Å².